The van der Waals surface area contributed by atoms with Gasteiger partial charge in [0.25, 0.3) is 0 Å². The molecule has 0 fully saturated rings. The van der Waals surface area contributed by atoms with Crippen LogP contribution in [0.5, 0.6) is 0 Å². The van der Waals surface area contributed by atoms with Gasteiger partial charge in [-0.05, 0) is 141 Å². The van der Waals surface area contributed by atoms with E-state index >= 15 is 0 Å². The van der Waals surface area contributed by atoms with Crippen LogP contribution in [0.2, 0.25) is 0 Å². The molecule has 0 heterocycles. The summed E-state index contributed by atoms with van der Waals surface area (Å²) in [5, 5.41) is 10.6. The van der Waals surface area contributed by atoms with Gasteiger partial charge in [0.05, 0.1) is 26.4 Å². The molecule has 19 heteroatoms. The molecule has 5 atom stereocenters. The Balaban J connectivity index is 5.41. The molecular formula is C81H140O17P2. The smallest absolute Gasteiger partial charge is 0.462 e. The maximum Gasteiger partial charge on any atom is 0.472 e. The first-order chi connectivity index (χ1) is 48.7. The second-order valence-electron chi connectivity index (χ2n) is 25.9. The van der Waals surface area contributed by atoms with Gasteiger partial charge >= 0.3 is 39.5 Å². The molecule has 3 N–H and O–H groups in total. The molecule has 0 saturated heterocycles. The van der Waals surface area contributed by atoms with Crippen LogP contribution < -0.4 is 0 Å². The molecule has 0 bridgehead atoms. The highest BCUT2D eigenvalue weighted by atomic mass is 31.2. The number of aliphatic hydroxyl groups is 1. The quantitative estimate of drug-likeness (QED) is 0.0169. The number of esters is 4. The van der Waals surface area contributed by atoms with Gasteiger partial charge in [-0.1, -0.05) is 265 Å². The van der Waals surface area contributed by atoms with E-state index in [2.05, 4.69) is 119 Å². The van der Waals surface area contributed by atoms with Crippen molar-refractivity contribution in [3.63, 3.8) is 0 Å². The van der Waals surface area contributed by atoms with Gasteiger partial charge in [-0.15, -0.1) is 0 Å². The van der Waals surface area contributed by atoms with E-state index in [1.165, 1.54) is 89.9 Å². The summed E-state index contributed by atoms with van der Waals surface area (Å²) < 4.78 is 68.4. The van der Waals surface area contributed by atoms with Crippen LogP contribution in [-0.4, -0.2) is 96.7 Å². The molecule has 17 nitrogen and oxygen atoms in total. The second kappa shape index (κ2) is 73.0. The Morgan fingerprint density at radius 2 is 0.540 bits per heavy atom. The SMILES string of the molecule is CC/C=C\C/C=C\C/C=C\C/C=C\C/C=C\C/C=C\CCC(=O)OC[C@H](COP(=O)(O)OC[C@@H](O)COP(=O)(O)OC[C@@H](COC(=O)CCCCCCC/C=C\CCCCCC)OC(=O)CCCCCCC/C=C\CCCCCCCC)OC(=O)CCCCCCC/C=C\CCCCCC. The molecule has 0 aromatic rings. The molecule has 100 heavy (non-hydrogen) atoms. The Morgan fingerprint density at radius 1 is 0.290 bits per heavy atom. The minimum absolute atomic E-state index is 0.0336. The molecule has 576 valence electrons. The average molecular weight is 1450 g/mol. The van der Waals surface area contributed by atoms with E-state index in [1.807, 2.05) is 18.2 Å². The normalized spacial score (nSPS) is 14.5. The Kier molecular flexibility index (Phi) is 69.9. The number of carbonyl (C=O) groups is 4. The number of rotatable bonds is 73. The van der Waals surface area contributed by atoms with Crippen molar-refractivity contribution in [2.45, 2.75) is 341 Å². The number of phosphoric acid groups is 2. The van der Waals surface area contributed by atoms with E-state index in [0.717, 1.165) is 148 Å². The molecule has 0 radical (unpaired) electrons. The van der Waals surface area contributed by atoms with E-state index in [9.17, 15) is 43.2 Å². The maximum absolute atomic E-state index is 13.1. The van der Waals surface area contributed by atoms with Crippen molar-refractivity contribution in [2.24, 2.45) is 0 Å². The predicted molar refractivity (Wildman–Crippen MR) is 408 cm³/mol. The highest BCUT2D eigenvalue weighted by Gasteiger charge is 2.30. The third kappa shape index (κ3) is 72.1. The number of allylic oxidation sites excluding steroid dienone is 18. The first-order valence-corrected chi connectivity index (χ1v) is 42.1. The first kappa shape index (κ1) is 95.7. The minimum Gasteiger partial charge on any atom is -0.462 e. The average Bonchev–Trinajstić information content (AvgIpc) is 0.924. The van der Waals surface area contributed by atoms with Crippen molar-refractivity contribution in [1.82, 2.24) is 0 Å². The van der Waals surface area contributed by atoms with Crippen LogP contribution in [0, 0.1) is 0 Å². The van der Waals surface area contributed by atoms with Crippen LogP contribution in [0.4, 0.5) is 0 Å². The van der Waals surface area contributed by atoms with Crippen LogP contribution in [0.3, 0.4) is 0 Å². The van der Waals surface area contributed by atoms with E-state index in [-0.39, 0.29) is 25.7 Å². The number of carbonyl (C=O) groups excluding carboxylic acids is 4. The molecule has 2 unspecified atom stereocenters. The molecule has 0 amide bonds. The number of aliphatic hydroxyl groups excluding tert-OH is 1. The van der Waals surface area contributed by atoms with Gasteiger partial charge in [0, 0.05) is 25.7 Å². The molecule has 0 aliphatic heterocycles. The Labute approximate surface area is 607 Å². The van der Waals surface area contributed by atoms with E-state index < -0.39 is 97.5 Å². The zero-order valence-corrected chi connectivity index (χ0v) is 64.6. The number of hydrogen-bond donors (Lipinski definition) is 3. The summed E-state index contributed by atoms with van der Waals surface area (Å²) in [7, 11) is -9.97. The zero-order chi connectivity index (χ0) is 73.2. The van der Waals surface area contributed by atoms with Crippen molar-refractivity contribution in [1.29, 1.82) is 0 Å². The highest BCUT2D eigenvalue weighted by molar-refractivity contribution is 7.47. The van der Waals surface area contributed by atoms with Gasteiger partial charge in [0.2, 0.25) is 0 Å². The molecule has 0 aliphatic carbocycles. The maximum atomic E-state index is 13.1. The fourth-order valence-corrected chi connectivity index (χ4v) is 11.8. The standard InChI is InChI=1S/C81H140O17P2/c1-5-9-13-17-21-25-29-33-35-36-37-38-40-43-46-50-54-58-62-66-79(84)92-72-76(97-80(85)67-63-59-55-51-47-42-32-28-24-20-16-12-8-4)73-95-99(87,88)93-69-75(82)70-94-100(89,90)96-74-77(71-91-78(83)65-61-57-53-49-45-41-31-27-23-19-15-11-7-3)98-81(86)68-64-60-56-52-48-44-39-34-30-26-22-18-14-10-6-2/h9,13,21,25,27-28,31-35,37-39,43,46,54,58,75-77,82H,5-8,10-12,14-20,22-24,26,29-30,36,40-42,44-45,47-53,55-57,59-74H2,1-4H3,(H,87,88)(H,89,90)/b13-9-,25-21-,31-27-,32-28-,35-33-,38-37-,39-34-,46-43-,58-54-/t75-,76-,77-/m1/s1. The lowest BCUT2D eigenvalue weighted by molar-refractivity contribution is -0.161. The van der Waals surface area contributed by atoms with Crippen molar-refractivity contribution in [3.05, 3.63) is 109 Å². The van der Waals surface area contributed by atoms with Crippen LogP contribution in [0.25, 0.3) is 0 Å². The molecular weight excluding hydrogens is 1310 g/mol. The summed E-state index contributed by atoms with van der Waals surface area (Å²) in [6.07, 6.45) is 78.0. The summed E-state index contributed by atoms with van der Waals surface area (Å²) in [5.41, 5.74) is 0. The van der Waals surface area contributed by atoms with Gasteiger partial charge < -0.3 is 33.8 Å². The van der Waals surface area contributed by atoms with Crippen LogP contribution in [0.15, 0.2) is 109 Å². The van der Waals surface area contributed by atoms with Gasteiger partial charge in [-0.25, -0.2) is 9.13 Å². The van der Waals surface area contributed by atoms with Crippen molar-refractivity contribution >= 4 is 39.5 Å². The van der Waals surface area contributed by atoms with Crippen LogP contribution in [0.1, 0.15) is 323 Å². The van der Waals surface area contributed by atoms with E-state index in [1.54, 1.807) is 0 Å². The Bertz CT molecular complexity index is 2320. The minimum atomic E-state index is -4.99. The number of unbranched alkanes of at least 4 members (excludes halogenated alkanes) is 29. The lowest BCUT2D eigenvalue weighted by atomic mass is 10.1. The van der Waals surface area contributed by atoms with E-state index in [4.69, 9.17) is 37.0 Å². The molecule has 0 aliphatic rings. The van der Waals surface area contributed by atoms with Gasteiger partial charge in [-0.3, -0.25) is 37.3 Å². The number of phosphoric ester groups is 2. The lowest BCUT2D eigenvalue weighted by Gasteiger charge is -2.21. The summed E-state index contributed by atoms with van der Waals surface area (Å²) >= 11 is 0. The van der Waals surface area contributed by atoms with Gasteiger partial charge in [0.1, 0.15) is 19.3 Å². The molecule has 0 rings (SSSR count). The van der Waals surface area contributed by atoms with Crippen molar-refractivity contribution in [2.75, 3.05) is 39.6 Å². The van der Waals surface area contributed by atoms with Crippen LogP contribution >= 0.6 is 15.6 Å². The lowest BCUT2D eigenvalue weighted by Crippen LogP contribution is -2.30. The highest BCUT2D eigenvalue weighted by Crippen LogP contribution is 2.45. The summed E-state index contributed by atoms with van der Waals surface area (Å²) in [5.74, 6) is -2.29. The largest absolute Gasteiger partial charge is 0.472 e. The topological polar surface area (TPSA) is 237 Å². The second-order valence-corrected chi connectivity index (χ2v) is 28.8. The first-order valence-electron chi connectivity index (χ1n) is 39.1. The Hall–Kier alpha value is -4.28. The Morgan fingerprint density at radius 3 is 0.870 bits per heavy atom. The number of ether oxygens (including phenoxy) is 4. The fraction of sp³-hybridized carbons (Fsp3) is 0.728. The summed E-state index contributed by atoms with van der Waals surface area (Å²) in [6, 6.07) is 0. The third-order valence-corrected chi connectivity index (χ3v) is 18.1. The van der Waals surface area contributed by atoms with Gasteiger partial charge in [-0.2, -0.15) is 0 Å². The zero-order valence-electron chi connectivity index (χ0n) is 62.8. The van der Waals surface area contributed by atoms with Gasteiger partial charge in [0.15, 0.2) is 12.2 Å². The molecule has 0 spiro atoms. The fourth-order valence-electron chi connectivity index (χ4n) is 10.2. The third-order valence-electron chi connectivity index (χ3n) is 16.2. The molecule has 0 aromatic carbocycles. The summed E-state index contributed by atoms with van der Waals surface area (Å²) in [6.45, 7) is 4.63. The predicted octanol–water partition coefficient (Wildman–Crippen LogP) is 22.6. The number of hydrogen-bond acceptors (Lipinski definition) is 15. The molecule has 0 saturated carbocycles. The van der Waals surface area contributed by atoms with Crippen molar-refractivity contribution < 1.29 is 80.2 Å². The monoisotopic (exact) mass is 1450 g/mol. The van der Waals surface area contributed by atoms with Crippen LogP contribution in [-0.2, 0) is 65.4 Å². The van der Waals surface area contributed by atoms with E-state index in [0.29, 0.717) is 32.1 Å². The van der Waals surface area contributed by atoms with Crippen molar-refractivity contribution in [3.8, 4) is 0 Å². The summed E-state index contributed by atoms with van der Waals surface area (Å²) in [4.78, 5) is 72.8. The molecule has 0 aromatic heterocycles.